The summed E-state index contributed by atoms with van der Waals surface area (Å²) in [6.07, 6.45) is 3.83. The van der Waals surface area contributed by atoms with Gasteiger partial charge in [-0.05, 0) is 25.0 Å². The molecule has 7 nitrogen and oxygen atoms in total. The van der Waals surface area contributed by atoms with Gasteiger partial charge in [-0.3, -0.25) is 9.36 Å². The third-order valence-corrected chi connectivity index (χ3v) is 4.30. The second-order valence-corrected chi connectivity index (χ2v) is 6.24. The van der Waals surface area contributed by atoms with E-state index in [-0.39, 0.29) is 11.8 Å². The largest absolute Gasteiger partial charge is 0.339 e. The third kappa shape index (κ3) is 3.02. The molecule has 0 bridgehead atoms. The predicted octanol–water partition coefficient (Wildman–Crippen LogP) is 3.50. The molecule has 1 N–H and O–H groups in total. The normalized spacial score (nSPS) is 13.8. The zero-order valence-electron chi connectivity index (χ0n) is 13.6. The average molecular weight is 358 g/mol. The number of aromatic nitrogens is 4. The lowest BCUT2D eigenvalue weighted by Gasteiger charge is -2.12. The maximum Gasteiger partial charge on any atom is 0.230 e. The Bertz CT molecular complexity index is 929. The molecule has 1 aliphatic rings. The quantitative estimate of drug-likeness (QED) is 0.706. The van der Waals surface area contributed by atoms with Crippen LogP contribution in [0.5, 0.6) is 0 Å². The number of para-hydroxylation sites is 2. The molecule has 1 amide bonds. The van der Waals surface area contributed by atoms with Crippen molar-refractivity contribution in [1.82, 2.24) is 19.7 Å². The fourth-order valence-corrected chi connectivity index (χ4v) is 2.96. The molecule has 8 heteroatoms. The lowest BCUT2D eigenvalue weighted by atomic mass is 10.2. The summed E-state index contributed by atoms with van der Waals surface area (Å²) in [5.41, 5.74) is 2.78. The van der Waals surface area contributed by atoms with Crippen LogP contribution in [0.1, 0.15) is 37.3 Å². The topological polar surface area (TPSA) is 85.8 Å². The number of alkyl halides is 1. The van der Waals surface area contributed by atoms with Gasteiger partial charge in [0.2, 0.25) is 17.6 Å². The molecule has 128 valence electrons. The number of nitrogens with one attached hydrogen (secondary N) is 1. The zero-order chi connectivity index (χ0) is 17.4. The van der Waals surface area contributed by atoms with Gasteiger partial charge in [0, 0.05) is 12.8 Å². The number of halogens is 1. The van der Waals surface area contributed by atoms with Gasteiger partial charge in [0.1, 0.15) is 12.0 Å². The van der Waals surface area contributed by atoms with Crippen LogP contribution in [0.2, 0.25) is 0 Å². The smallest absolute Gasteiger partial charge is 0.230 e. The summed E-state index contributed by atoms with van der Waals surface area (Å²) >= 11 is 6.18. The molecule has 0 unspecified atom stereocenters. The first-order valence-electron chi connectivity index (χ1n) is 8.00. The first kappa shape index (κ1) is 15.8. The number of carbonyl (C=O) groups is 1. The molecule has 0 atom stereocenters. The minimum absolute atomic E-state index is 0.146. The lowest BCUT2D eigenvalue weighted by Crippen LogP contribution is -2.10. The Labute approximate surface area is 149 Å². The van der Waals surface area contributed by atoms with Crippen molar-refractivity contribution in [3.63, 3.8) is 0 Å². The van der Waals surface area contributed by atoms with E-state index < -0.39 is 0 Å². The Hall–Kier alpha value is -2.67. The van der Waals surface area contributed by atoms with E-state index in [2.05, 4.69) is 20.4 Å². The molecular formula is C17H16ClN5O2. The highest BCUT2D eigenvalue weighted by molar-refractivity contribution is 6.17. The van der Waals surface area contributed by atoms with Gasteiger partial charge in [0.25, 0.3) is 0 Å². The first-order chi connectivity index (χ1) is 12.2. The summed E-state index contributed by atoms with van der Waals surface area (Å²) in [7, 11) is 0. The number of rotatable bonds is 5. The molecule has 1 aliphatic carbocycles. The van der Waals surface area contributed by atoms with E-state index >= 15 is 0 Å². The van der Waals surface area contributed by atoms with Gasteiger partial charge in [-0.25, -0.2) is 4.98 Å². The van der Waals surface area contributed by atoms with Crippen molar-refractivity contribution in [2.45, 2.75) is 31.6 Å². The van der Waals surface area contributed by atoms with Crippen molar-refractivity contribution in [2.75, 3.05) is 5.32 Å². The summed E-state index contributed by atoms with van der Waals surface area (Å²) in [5, 5.41) is 6.86. The van der Waals surface area contributed by atoms with Crippen LogP contribution in [0.15, 0.2) is 35.1 Å². The Morgan fingerprint density at radius 2 is 2.20 bits per heavy atom. The number of anilines is 1. The molecule has 1 fully saturated rings. The number of hydrogen-bond donors (Lipinski definition) is 1. The lowest BCUT2D eigenvalue weighted by molar-refractivity contribution is -0.114. The van der Waals surface area contributed by atoms with Crippen molar-refractivity contribution < 1.29 is 9.32 Å². The maximum atomic E-state index is 11.5. The number of nitrogens with zero attached hydrogens (tertiary/aromatic N) is 4. The molecule has 0 spiro atoms. The van der Waals surface area contributed by atoms with Crippen LogP contribution >= 0.6 is 11.6 Å². The van der Waals surface area contributed by atoms with Gasteiger partial charge < -0.3 is 9.84 Å². The van der Waals surface area contributed by atoms with Gasteiger partial charge in [-0.15, -0.1) is 11.6 Å². The minimum Gasteiger partial charge on any atom is -0.339 e. The highest BCUT2D eigenvalue weighted by Crippen LogP contribution is 2.39. The molecule has 0 radical (unpaired) electrons. The van der Waals surface area contributed by atoms with Crippen LogP contribution in [-0.4, -0.2) is 25.6 Å². The van der Waals surface area contributed by atoms with Crippen molar-refractivity contribution in [3.05, 3.63) is 42.2 Å². The predicted molar refractivity (Wildman–Crippen MR) is 92.7 cm³/mol. The van der Waals surface area contributed by atoms with Gasteiger partial charge in [-0.2, -0.15) is 4.98 Å². The standard InChI is InChI=1S/C17H16ClN5O2/c1-10(24)20-12-4-2-3-5-13(12)23-9-19-15(14(23)8-18)16-21-17(25-22-16)11-6-7-11/h2-5,9,11H,6-8H2,1H3,(H,20,24). The van der Waals surface area contributed by atoms with Gasteiger partial charge in [-0.1, -0.05) is 17.3 Å². The molecular weight excluding hydrogens is 342 g/mol. The Morgan fingerprint density at radius 3 is 2.92 bits per heavy atom. The van der Waals surface area contributed by atoms with E-state index in [1.54, 1.807) is 6.33 Å². The van der Waals surface area contributed by atoms with Gasteiger partial charge in [0.15, 0.2) is 0 Å². The molecule has 4 rings (SSSR count). The molecule has 2 aromatic heterocycles. The summed E-state index contributed by atoms with van der Waals surface area (Å²) in [4.78, 5) is 20.3. The van der Waals surface area contributed by atoms with E-state index in [4.69, 9.17) is 16.1 Å². The highest BCUT2D eigenvalue weighted by atomic mass is 35.5. The zero-order valence-corrected chi connectivity index (χ0v) is 14.3. The Kier molecular flexibility index (Phi) is 4.01. The highest BCUT2D eigenvalue weighted by Gasteiger charge is 2.30. The fraction of sp³-hybridized carbons (Fsp3) is 0.294. The second-order valence-electron chi connectivity index (χ2n) is 5.97. The van der Waals surface area contributed by atoms with Crippen molar-refractivity contribution in [3.8, 4) is 17.2 Å². The van der Waals surface area contributed by atoms with E-state index in [9.17, 15) is 4.79 Å². The van der Waals surface area contributed by atoms with Gasteiger partial charge in [0.05, 0.1) is 22.9 Å². The summed E-state index contributed by atoms with van der Waals surface area (Å²) in [6, 6.07) is 7.46. The summed E-state index contributed by atoms with van der Waals surface area (Å²) in [5.74, 6) is 1.55. The third-order valence-electron chi connectivity index (χ3n) is 4.05. The fourth-order valence-electron chi connectivity index (χ4n) is 2.70. The Morgan fingerprint density at radius 1 is 1.40 bits per heavy atom. The van der Waals surface area contributed by atoms with Crippen LogP contribution in [0.4, 0.5) is 5.69 Å². The minimum atomic E-state index is -0.146. The molecule has 1 aromatic carbocycles. The molecule has 0 saturated heterocycles. The van der Waals surface area contributed by atoms with Crippen LogP contribution in [-0.2, 0) is 10.7 Å². The van der Waals surface area contributed by atoms with Crippen LogP contribution < -0.4 is 5.32 Å². The number of imidazole rings is 1. The summed E-state index contributed by atoms with van der Waals surface area (Å²) < 4.78 is 7.16. The maximum absolute atomic E-state index is 11.5. The number of carbonyl (C=O) groups excluding carboxylic acids is 1. The van der Waals surface area contributed by atoms with Crippen LogP contribution in [0, 0.1) is 0 Å². The molecule has 3 aromatic rings. The van der Waals surface area contributed by atoms with Crippen LogP contribution in [0.25, 0.3) is 17.2 Å². The summed E-state index contributed by atoms with van der Waals surface area (Å²) in [6.45, 7) is 1.47. The number of hydrogen-bond acceptors (Lipinski definition) is 5. The first-order valence-corrected chi connectivity index (χ1v) is 8.54. The van der Waals surface area contributed by atoms with E-state index in [0.717, 1.165) is 24.2 Å². The molecule has 1 saturated carbocycles. The van der Waals surface area contributed by atoms with Crippen molar-refractivity contribution in [1.29, 1.82) is 0 Å². The average Bonchev–Trinajstić information content (AvgIpc) is 3.18. The number of benzene rings is 1. The van der Waals surface area contributed by atoms with Crippen molar-refractivity contribution >= 4 is 23.2 Å². The van der Waals surface area contributed by atoms with E-state index in [1.807, 2.05) is 28.8 Å². The molecule has 2 heterocycles. The molecule has 0 aliphatic heterocycles. The van der Waals surface area contributed by atoms with Crippen molar-refractivity contribution in [2.24, 2.45) is 0 Å². The molecule has 25 heavy (non-hydrogen) atoms. The second kappa shape index (κ2) is 6.33. The van der Waals surface area contributed by atoms with Gasteiger partial charge >= 0.3 is 0 Å². The van der Waals surface area contributed by atoms with E-state index in [1.165, 1.54) is 6.92 Å². The van der Waals surface area contributed by atoms with Crippen LogP contribution in [0.3, 0.4) is 0 Å². The number of amides is 1. The van der Waals surface area contributed by atoms with E-state index in [0.29, 0.717) is 29.0 Å². The monoisotopic (exact) mass is 357 g/mol. The SMILES string of the molecule is CC(=O)Nc1ccccc1-n1cnc(-c2noc(C3CC3)n2)c1CCl. The Balaban J connectivity index is 1.76.